The Labute approximate surface area is 156 Å². The summed E-state index contributed by atoms with van der Waals surface area (Å²) in [6.07, 6.45) is 0.722. The lowest BCUT2D eigenvalue weighted by Crippen LogP contribution is -2.55. The molecule has 0 saturated carbocycles. The summed E-state index contributed by atoms with van der Waals surface area (Å²) in [7, 11) is -3.89. The highest BCUT2D eigenvalue weighted by Gasteiger charge is 2.41. The van der Waals surface area contributed by atoms with Crippen LogP contribution in [0, 0.1) is 5.82 Å². The van der Waals surface area contributed by atoms with E-state index in [4.69, 9.17) is 11.6 Å². The Morgan fingerprint density at radius 2 is 1.85 bits per heavy atom. The first-order chi connectivity index (χ1) is 12.4. The molecule has 1 amide bonds. The van der Waals surface area contributed by atoms with Crippen LogP contribution in [-0.4, -0.2) is 43.2 Å². The highest BCUT2D eigenvalue weighted by Crippen LogP contribution is 2.36. The molecule has 4 rings (SSSR count). The Morgan fingerprint density at radius 3 is 2.58 bits per heavy atom. The first-order valence-electron chi connectivity index (χ1n) is 8.20. The molecule has 0 aliphatic carbocycles. The van der Waals surface area contributed by atoms with Crippen LogP contribution in [0.5, 0.6) is 0 Å². The van der Waals surface area contributed by atoms with Crippen LogP contribution in [0.25, 0.3) is 0 Å². The summed E-state index contributed by atoms with van der Waals surface area (Å²) in [5.74, 6) is -0.752. The van der Waals surface area contributed by atoms with Crippen molar-refractivity contribution in [3.8, 4) is 0 Å². The number of benzene rings is 2. The Kier molecular flexibility index (Phi) is 4.25. The van der Waals surface area contributed by atoms with Crippen LogP contribution in [0.3, 0.4) is 0 Å². The van der Waals surface area contributed by atoms with E-state index in [2.05, 4.69) is 0 Å². The van der Waals surface area contributed by atoms with Gasteiger partial charge in [0.05, 0.1) is 17.5 Å². The fourth-order valence-electron chi connectivity index (χ4n) is 3.60. The molecule has 5 nitrogen and oxygen atoms in total. The molecule has 2 aliphatic heterocycles. The Hall–Kier alpha value is -1.96. The van der Waals surface area contributed by atoms with E-state index < -0.39 is 15.8 Å². The highest BCUT2D eigenvalue weighted by molar-refractivity contribution is 7.89. The van der Waals surface area contributed by atoms with E-state index in [9.17, 15) is 17.6 Å². The van der Waals surface area contributed by atoms with E-state index >= 15 is 0 Å². The van der Waals surface area contributed by atoms with Crippen molar-refractivity contribution in [2.75, 3.05) is 19.6 Å². The molecule has 0 N–H and O–H groups in total. The zero-order valence-electron chi connectivity index (χ0n) is 13.7. The molecule has 2 aromatic carbocycles. The zero-order valence-corrected chi connectivity index (χ0v) is 15.3. The van der Waals surface area contributed by atoms with Crippen molar-refractivity contribution in [1.82, 2.24) is 9.21 Å². The molecule has 136 valence electrons. The van der Waals surface area contributed by atoms with Gasteiger partial charge in [-0.15, -0.1) is 0 Å². The molecule has 0 radical (unpaired) electrons. The van der Waals surface area contributed by atoms with E-state index in [1.54, 1.807) is 17.0 Å². The highest BCUT2D eigenvalue weighted by atomic mass is 35.5. The maximum Gasteiger partial charge on any atom is 0.243 e. The van der Waals surface area contributed by atoms with Crippen molar-refractivity contribution in [2.24, 2.45) is 0 Å². The summed E-state index contributed by atoms with van der Waals surface area (Å²) < 4.78 is 40.1. The predicted molar refractivity (Wildman–Crippen MR) is 94.8 cm³/mol. The molecule has 1 saturated heterocycles. The van der Waals surface area contributed by atoms with Crippen molar-refractivity contribution in [1.29, 1.82) is 0 Å². The molecule has 1 atom stereocenters. The number of amides is 1. The molecular formula is C18H16ClFN2O3S. The van der Waals surface area contributed by atoms with Gasteiger partial charge in [0.2, 0.25) is 15.9 Å². The average Bonchev–Trinajstić information content (AvgIpc) is 2.62. The topological polar surface area (TPSA) is 57.7 Å². The molecule has 0 bridgehead atoms. The molecule has 8 heteroatoms. The van der Waals surface area contributed by atoms with Crippen LogP contribution in [0.2, 0.25) is 5.02 Å². The van der Waals surface area contributed by atoms with Gasteiger partial charge in [-0.3, -0.25) is 4.79 Å². The van der Waals surface area contributed by atoms with Gasteiger partial charge in [-0.2, -0.15) is 4.31 Å². The number of sulfonamides is 1. The van der Waals surface area contributed by atoms with E-state index in [1.807, 2.05) is 6.07 Å². The summed E-state index contributed by atoms with van der Waals surface area (Å²) in [6, 6.07) is 9.78. The average molecular weight is 395 g/mol. The number of fused-ring (bicyclic) bond motifs is 3. The van der Waals surface area contributed by atoms with Crippen molar-refractivity contribution in [3.63, 3.8) is 0 Å². The molecule has 2 aliphatic rings. The fourth-order valence-corrected chi connectivity index (χ4v) is 5.18. The van der Waals surface area contributed by atoms with Crippen molar-refractivity contribution in [2.45, 2.75) is 17.4 Å². The van der Waals surface area contributed by atoms with Crippen molar-refractivity contribution in [3.05, 3.63) is 64.4 Å². The van der Waals surface area contributed by atoms with Gasteiger partial charge in [-0.1, -0.05) is 17.7 Å². The van der Waals surface area contributed by atoms with Crippen LogP contribution in [0.1, 0.15) is 17.2 Å². The number of piperazine rings is 1. The monoisotopic (exact) mass is 394 g/mol. The van der Waals surface area contributed by atoms with Gasteiger partial charge in [-0.25, -0.2) is 12.8 Å². The summed E-state index contributed by atoms with van der Waals surface area (Å²) in [4.78, 5) is 14.3. The summed E-state index contributed by atoms with van der Waals surface area (Å²) in [6.45, 7) is 0.494. The Morgan fingerprint density at radius 1 is 1.12 bits per heavy atom. The minimum Gasteiger partial charge on any atom is -0.333 e. The maximum atomic E-state index is 13.1. The third kappa shape index (κ3) is 2.90. The molecule has 2 heterocycles. The van der Waals surface area contributed by atoms with E-state index in [0.29, 0.717) is 11.6 Å². The van der Waals surface area contributed by atoms with Gasteiger partial charge >= 0.3 is 0 Å². The first-order valence-corrected chi connectivity index (χ1v) is 10.0. The minimum atomic E-state index is -3.89. The molecule has 1 unspecified atom stereocenters. The third-order valence-corrected chi connectivity index (χ3v) is 6.99. The molecule has 0 spiro atoms. The van der Waals surface area contributed by atoms with Gasteiger partial charge in [0, 0.05) is 18.1 Å². The van der Waals surface area contributed by atoms with Crippen LogP contribution in [-0.2, 0) is 21.2 Å². The lowest BCUT2D eigenvalue weighted by molar-refractivity contribution is -0.138. The van der Waals surface area contributed by atoms with Gasteiger partial charge in [-0.05, 0) is 53.9 Å². The first kappa shape index (κ1) is 17.5. The quantitative estimate of drug-likeness (QED) is 0.786. The van der Waals surface area contributed by atoms with Crippen LogP contribution in [0.4, 0.5) is 4.39 Å². The molecular weight excluding hydrogens is 379 g/mol. The van der Waals surface area contributed by atoms with Crippen molar-refractivity contribution >= 4 is 27.5 Å². The van der Waals surface area contributed by atoms with E-state index in [-0.39, 0.29) is 29.9 Å². The van der Waals surface area contributed by atoms with Crippen LogP contribution in [0.15, 0.2) is 47.4 Å². The second kappa shape index (κ2) is 6.33. The second-order valence-corrected chi connectivity index (χ2v) is 8.82. The lowest BCUT2D eigenvalue weighted by atomic mass is 9.91. The van der Waals surface area contributed by atoms with Gasteiger partial charge in [0.1, 0.15) is 5.82 Å². The lowest BCUT2D eigenvalue weighted by Gasteiger charge is -2.44. The van der Waals surface area contributed by atoms with Crippen LogP contribution < -0.4 is 0 Å². The summed E-state index contributed by atoms with van der Waals surface area (Å²) in [5, 5.41) is 0.552. The number of hydrogen-bond acceptors (Lipinski definition) is 3. The number of rotatable bonds is 2. The SMILES string of the molecule is O=C1CN(S(=O)(=O)c2ccc(F)cc2)CC2c3cc(Cl)ccc3CCN12. The van der Waals surface area contributed by atoms with E-state index in [0.717, 1.165) is 29.7 Å². The largest absolute Gasteiger partial charge is 0.333 e. The van der Waals surface area contributed by atoms with Gasteiger partial charge in [0.15, 0.2) is 0 Å². The number of hydrogen-bond donors (Lipinski definition) is 0. The third-order valence-electron chi connectivity index (χ3n) is 4.93. The predicted octanol–water partition coefficient (Wildman–Crippen LogP) is 2.61. The minimum absolute atomic E-state index is 0.0257. The number of halogens is 2. The van der Waals surface area contributed by atoms with E-state index in [1.165, 1.54) is 16.4 Å². The van der Waals surface area contributed by atoms with Gasteiger partial charge < -0.3 is 4.90 Å². The molecule has 1 fully saturated rings. The number of carbonyl (C=O) groups excluding carboxylic acids is 1. The van der Waals surface area contributed by atoms with Gasteiger partial charge in [0.25, 0.3) is 0 Å². The number of carbonyl (C=O) groups is 1. The molecule has 0 aromatic heterocycles. The fraction of sp³-hybridized carbons (Fsp3) is 0.278. The van der Waals surface area contributed by atoms with Crippen LogP contribution >= 0.6 is 11.6 Å². The molecule has 26 heavy (non-hydrogen) atoms. The molecule has 2 aromatic rings. The second-order valence-electron chi connectivity index (χ2n) is 6.45. The summed E-state index contributed by atoms with van der Waals surface area (Å²) >= 11 is 6.11. The standard InChI is InChI=1S/C18H16ClFN2O3S/c19-13-2-1-12-7-8-22-17(16(12)9-13)10-21(11-18(22)23)26(24,25)15-5-3-14(20)4-6-15/h1-6,9,17H,7-8,10-11H2. The van der Waals surface area contributed by atoms with Crippen molar-refractivity contribution < 1.29 is 17.6 Å². The maximum absolute atomic E-state index is 13.1. The Balaban J connectivity index is 1.71. The summed E-state index contributed by atoms with van der Waals surface area (Å²) in [5.41, 5.74) is 1.96. The zero-order chi connectivity index (χ0) is 18.5. The smallest absolute Gasteiger partial charge is 0.243 e. The number of nitrogens with zero attached hydrogens (tertiary/aromatic N) is 2. The Bertz CT molecular complexity index is 978. The normalized spacial score (nSPS) is 20.6.